The van der Waals surface area contributed by atoms with Crippen LogP contribution in [0.1, 0.15) is 12.8 Å². The minimum atomic E-state index is -1.89. The summed E-state index contributed by atoms with van der Waals surface area (Å²) in [5.41, 5.74) is 0. The molecule has 0 amide bonds. The molecule has 10 heavy (non-hydrogen) atoms. The van der Waals surface area contributed by atoms with Crippen molar-refractivity contribution in [2.75, 3.05) is 13.1 Å². The largest absolute Gasteiger partial charge is 0.300 e. The minimum absolute atomic E-state index is 0.182. The molecule has 1 heterocycles. The first-order valence-electron chi connectivity index (χ1n) is 3.08. The average Bonchev–Trinajstić information content (AvgIpc) is 1.88. The Hall–Kier alpha value is -0.260. The second kappa shape index (κ2) is 3.23. The molecule has 0 saturated carbocycles. The van der Waals surface area contributed by atoms with Gasteiger partial charge in [-0.05, 0) is 0 Å². The van der Waals surface area contributed by atoms with Crippen LogP contribution < -0.4 is 0 Å². The van der Waals surface area contributed by atoms with Gasteiger partial charge in [0, 0.05) is 25.9 Å². The smallest absolute Gasteiger partial charge is 0.234 e. The van der Waals surface area contributed by atoms with E-state index in [0.29, 0.717) is 25.9 Å². The second-order valence-electron chi connectivity index (χ2n) is 2.20. The van der Waals surface area contributed by atoms with E-state index in [1.165, 1.54) is 4.31 Å². The third-order valence-corrected chi connectivity index (χ3v) is 2.31. The Morgan fingerprint density at radius 1 is 1.40 bits per heavy atom. The Labute approximate surface area is 61.6 Å². The van der Waals surface area contributed by atoms with Gasteiger partial charge in [0.2, 0.25) is 11.3 Å². The highest BCUT2D eigenvalue weighted by Crippen LogP contribution is 2.05. The normalized spacial score (nSPS) is 24.7. The summed E-state index contributed by atoms with van der Waals surface area (Å²) < 4.78 is 20.3. The van der Waals surface area contributed by atoms with Crippen molar-refractivity contribution in [2.45, 2.75) is 12.8 Å². The molecule has 0 aromatic rings. The summed E-state index contributed by atoms with van der Waals surface area (Å²) in [6, 6.07) is 0. The van der Waals surface area contributed by atoms with E-state index in [2.05, 4.69) is 0 Å². The molecule has 1 N–H and O–H groups in total. The van der Waals surface area contributed by atoms with Gasteiger partial charge in [-0.15, -0.1) is 0 Å². The Balaban J connectivity index is 2.40. The van der Waals surface area contributed by atoms with E-state index in [1.807, 2.05) is 0 Å². The van der Waals surface area contributed by atoms with E-state index in [0.717, 1.165) is 0 Å². The molecule has 1 unspecified atom stereocenters. The molecule has 1 saturated heterocycles. The van der Waals surface area contributed by atoms with Gasteiger partial charge >= 0.3 is 0 Å². The lowest BCUT2D eigenvalue weighted by Gasteiger charge is -2.20. The van der Waals surface area contributed by atoms with Crippen molar-refractivity contribution in [3.8, 4) is 0 Å². The number of rotatable bonds is 1. The summed E-state index contributed by atoms with van der Waals surface area (Å²) in [6.45, 7) is 0.837. The van der Waals surface area contributed by atoms with Crippen molar-refractivity contribution < 1.29 is 13.6 Å². The Kier molecular flexibility index (Phi) is 2.53. The Morgan fingerprint density at radius 2 is 1.90 bits per heavy atom. The number of hydrogen-bond donors (Lipinski definition) is 1. The highest BCUT2D eigenvalue weighted by molar-refractivity contribution is 7.76. The molecule has 0 aromatic heterocycles. The van der Waals surface area contributed by atoms with E-state index in [9.17, 15) is 9.00 Å². The fourth-order valence-corrected chi connectivity index (χ4v) is 1.39. The zero-order valence-corrected chi connectivity index (χ0v) is 6.26. The van der Waals surface area contributed by atoms with Crippen LogP contribution in [0.5, 0.6) is 0 Å². The van der Waals surface area contributed by atoms with Crippen molar-refractivity contribution in [2.24, 2.45) is 0 Å². The minimum Gasteiger partial charge on any atom is -0.300 e. The summed E-state index contributed by atoms with van der Waals surface area (Å²) >= 11 is -1.89. The van der Waals surface area contributed by atoms with E-state index in [4.69, 9.17) is 4.55 Å². The molecule has 1 fully saturated rings. The highest BCUT2D eigenvalue weighted by atomic mass is 32.2. The van der Waals surface area contributed by atoms with Gasteiger partial charge in [-0.2, -0.15) is 0 Å². The lowest BCUT2D eigenvalue weighted by Crippen LogP contribution is -2.34. The maximum Gasteiger partial charge on any atom is 0.234 e. The summed E-state index contributed by atoms with van der Waals surface area (Å²) in [5.74, 6) is 0.182. The van der Waals surface area contributed by atoms with Crippen LogP contribution in [0.2, 0.25) is 0 Å². The summed E-state index contributed by atoms with van der Waals surface area (Å²) in [4.78, 5) is 10.6. The van der Waals surface area contributed by atoms with E-state index in [-0.39, 0.29) is 5.78 Å². The molecule has 0 bridgehead atoms. The number of piperidine rings is 1. The summed E-state index contributed by atoms with van der Waals surface area (Å²) in [5, 5.41) is 0. The first-order valence-corrected chi connectivity index (χ1v) is 4.14. The van der Waals surface area contributed by atoms with Crippen LogP contribution in [0.15, 0.2) is 0 Å². The third-order valence-electron chi connectivity index (χ3n) is 1.50. The number of nitrogens with zero attached hydrogens (tertiary/aromatic N) is 1. The molecule has 5 heteroatoms. The van der Waals surface area contributed by atoms with Gasteiger partial charge in [0.1, 0.15) is 5.78 Å². The maximum atomic E-state index is 10.6. The average molecular weight is 163 g/mol. The molecule has 1 aliphatic rings. The molecule has 1 aliphatic heterocycles. The quantitative estimate of drug-likeness (QED) is 0.544. The molecular weight excluding hydrogens is 154 g/mol. The molecule has 0 aromatic carbocycles. The number of carbonyl (C=O) groups is 1. The first-order chi connectivity index (χ1) is 4.70. The van der Waals surface area contributed by atoms with Crippen molar-refractivity contribution in [1.29, 1.82) is 0 Å². The van der Waals surface area contributed by atoms with E-state index < -0.39 is 11.3 Å². The van der Waals surface area contributed by atoms with E-state index >= 15 is 0 Å². The molecule has 4 nitrogen and oxygen atoms in total. The van der Waals surface area contributed by atoms with Crippen LogP contribution in [-0.4, -0.2) is 31.9 Å². The van der Waals surface area contributed by atoms with Crippen molar-refractivity contribution >= 4 is 17.0 Å². The third kappa shape index (κ3) is 1.86. The molecule has 0 spiro atoms. The Morgan fingerprint density at radius 3 is 2.30 bits per heavy atom. The van der Waals surface area contributed by atoms with Gasteiger partial charge in [0.05, 0.1) is 0 Å². The Bertz CT molecular complexity index is 160. The summed E-state index contributed by atoms with van der Waals surface area (Å²) in [6.07, 6.45) is 0.818. The lowest BCUT2D eigenvalue weighted by atomic mass is 10.1. The van der Waals surface area contributed by atoms with Gasteiger partial charge in [0.15, 0.2) is 0 Å². The number of ketones is 1. The van der Waals surface area contributed by atoms with Gasteiger partial charge < -0.3 is 0 Å². The molecule has 1 atom stereocenters. The zero-order chi connectivity index (χ0) is 7.56. The van der Waals surface area contributed by atoms with Crippen LogP contribution in [-0.2, 0) is 16.1 Å². The predicted molar refractivity (Wildman–Crippen MR) is 36.6 cm³/mol. The second-order valence-corrected chi connectivity index (χ2v) is 3.18. The SMILES string of the molecule is O=C1CCN(S(=O)O)CC1. The number of carbonyl (C=O) groups excluding carboxylic acids is 1. The number of hydrogen-bond acceptors (Lipinski definition) is 2. The molecular formula is C5H9NO3S. The van der Waals surface area contributed by atoms with Crippen molar-refractivity contribution in [1.82, 2.24) is 4.31 Å². The van der Waals surface area contributed by atoms with E-state index in [1.54, 1.807) is 0 Å². The fraction of sp³-hybridized carbons (Fsp3) is 0.800. The molecule has 58 valence electrons. The zero-order valence-electron chi connectivity index (χ0n) is 5.45. The maximum absolute atomic E-state index is 10.6. The van der Waals surface area contributed by atoms with Crippen LogP contribution in [0.25, 0.3) is 0 Å². The molecule has 0 aliphatic carbocycles. The monoisotopic (exact) mass is 163 g/mol. The predicted octanol–water partition coefficient (Wildman–Crippen LogP) is -0.212. The first kappa shape index (κ1) is 7.84. The van der Waals surface area contributed by atoms with Gasteiger partial charge in [-0.25, -0.2) is 8.51 Å². The van der Waals surface area contributed by atoms with Crippen LogP contribution >= 0.6 is 0 Å². The number of Topliss-reactive ketones (excluding diaryl/α,β-unsaturated/α-hetero) is 1. The molecule has 0 radical (unpaired) electrons. The van der Waals surface area contributed by atoms with Crippen LogP contribution in [0, 0.1) is 0 Å². The van der Waals surface area contributed by atoms with Gasteiger partial charge in [0.25, 0.3) is 0 Å². The summed E-state index contributed by atoms with van der Waals surface area (Å²) in [7, 11) is 0. The van der Waals surface area contributed by atoms with Gasteiger partial charge in [-0.1, -0.05) is 0 Å². The fourth-order valence-electron chi connectivity index (χ4n) is 0.892. The highest BCUT2D eigenvalue weighted by Gasteiger charge is 2.18. The van der Waals surface area contributed by atoms with Gasteiger partial charge in [-0.3, -0.25) is 9.35 Å². The molecule has 1 rings (SSSR count). The van der Waals surface area contributed by atoms with Crippen LogP contribution in [0.3, 0.4) is 0 Å². The topological polar surface area (TPSA) is 57.6 Å². The van der Waals surface area contributed by atoms with Crippen molar-refractivity contribution in [3.05, 3.63) is 0 Å². The van der Waals surface area contributed by atoms with Crippen molar-refractivity contribution in [3.63, 3.8) is 0 Å². The lowest BCUT2D eigenvalue weighted by molar-refractivity contribution is -0.120. The van der Waals surface area contributed by atoms with Crippen LogP contribution in [0.4, 0.5) is 0 Å². The standard InChI is InChI=1S/C5H9NO3S/c7-5-1-3-6(4-2-5)10(8)9/h1-4H2,(H,8,9).